The zero-order valence-corrected chi connectivity index (χ0v) is 13.8. The van der Waals surface area contributed by atoms with Gasteiger partial charge in [-0.1, -0.05) is 26.0 Å². The van der Waals surface area contributed by atoms with Crippen molar-refractivity contribution in [2.45, 2.75) is 33.1 Å². The predicted molar refractivity (Wildman–Crippen MR) is 82.6 cm³/mol. The molecule has 20 heavy (non-hydrogen) atoms. The first kappa shape index (κ1) is 14.9. The van der Waals surface area contributed by atoms with E-state index in [4.69, 9.17) is 0 Å². The highest BCUT2D eigenvalue weighted by molar-refractivity contribution is 9.10. The molecule has 0 saturated carbocycles. The molecule has 0 fully saturated rings. The molecule has 2 rings (SSSR count). The molecule has 0 aliphatic heterocycles. The van der Waals surface area contributed by atoms with E-state index < -0.39 is 0 Å². The molecule has 2 heterocycles. The Balaban J connectivity index is 2.58. The summed E-state index contributed by atoms with van der Waals surface area (Å²) in [5.41, 5.74) is 2.83. The van der Waals surface area contributed by atoms with Crippen LogP contribution >= 0.6 is 15.9 Å². The van der Waals surface area contributed by atoms with Crippen LogP contribution in [0.25, 0.3) is 11.4 Å². The third-order valence-corrected chi connectivity index (χ3v) is 3.55. The molecule has 2 aromatic rings. The van der Waals surface area contributed by atoms with Crippen molar-refractivity contribution >= 4 is 21.7 Å². The van der Waals surface area contributed by atoms with E-state index in [0.717, 1.165) is 35.7 Å². The average molecular weight is 339 g/mol. The van der Waals surface area contributed by atoms with E-state index in [1.807, 2.05) is 7.05 Å². The zero-order valence-electron chi connectivity index (χ0n) is 12.2. The fraction of sp³-hybridized carbons (Fsp3) is 0.538. The number of aromatic nitrogens is 5. The SMILES string of the molecule is CCCNc1ncnc(-c2c(Br)nnn2C)c1C(C)C. The molecule has 2 aromatic heterocycles. The van der Waals surface area contributed by atoms with Crippen LogP contribution in [0.15, 0.2) is 10.9 Å². The molecule has 0 bridgehead atoms. The minimum absolute atomic E-state index is 0.298. The molecule has 0 aromatic carbocycles. The van der Waals surface area contributed by atoms with Crippen molar-refractivity contribution in [3.8, 4) is 11.4 Å². The van der Waals surface area contributed by atoms with Gasteiger partial charge in [-0.2, -0.15) is 0 Å². The van der Waals surface area contributed by atoms with E-state index in [2.05, 4.69) is 62.3 Å². The van der Waals surface area contributed by atoms with Crippen molar-refractivity contribution in [3.63, 3.8) is 0 Å². The Hall–Kier alpha value is -1.50. The van der Waals surface area contributed by atoms with Gasteiger partial charge in [-0.25, -0.2) is 14.6 Å². The van der Waals surface area contributed by atoms with Crippen LogP contribution in [0.5, 0.6) is 0 Å². The van der Waals surface area contributed by atoms with Crippen LogP contribution in [0.2, 0.25) is 0 Å². The summed E-state index contributed by atoms with van der Waals surface area (Å²) in [7, 11) is 1.86. The zero-order chi connectivity index (χ0) is 14.7. The standard InChI is InChI=1S/C13H19BrN6/c1-5-6-15-13-9(8(2)3)10(16-7-17-13)11-12(14)18-19-20(11)4/h7-8H,5-6H2,1-4H3,(H,15,16,17). The highest BCUT2D eigenvalue weighted by atomic mass is 79.9. The molecule has 0 radical (unpaired) electrons. The summed E-state index contributed by atoms with van der Waals surface area (Å²) in [5.74, 6) is 1.19. The number of anilines is 1. The van der Waals surface area contributed by atoms with E-state index in [1.165, 1.54) is 0 Å². The minimum atomic E-state index is 0.298. The van der Waals surface area contributed by atoms with Crippen molar-refractivity contribution < 1.29 is 0 Å². The highest BCUT2D eigenvalue weighted by Crippen LogP contribution is 2.34. The smallest absolute Gasteiger partial charge is 0.157 e. The van der Waals surface area contributed by atoms with Gasteiger partial charge in [0.25, 0.3) is 0 Å². The van der Waals surface area contributed by atoms with Gasteiger partial charge in [0.1, 0.15) is 23.5 Å². The molecule has 0 amide bonds. The van der Waals surface area contributed by atoms with Crippen LogP contribution in [-0.2, 0) is 7.05 Å². The second kappa shape index (κ2) is 6.30. The fourth-order valence-corrected chi connectivity index (χ4v) is 2.61. The Bertz CT molecular complexity index is 573. The Morgan fingerprint density at radius 1 is 1.35 bits per heavy atom. The molecule has 108 valence electrons. The van der Waals surface area contributed by atoms with Gasteiger partial charge < -0.3 is 5.32 Å². The number of hydrogen-bond acceptors (Lipinski definition) is 5. The lowest BCUT2D eigenvalue weighted by Crippen LogP contribution is -2.10. The highest BCUT2D eigenvalue weighted by Gasteiger charge is 2.21. The number of halogens is 1. The Morgan fingerprint density at radius 3 is 2.65 bits per heavy atom. The quantitative estimate of drug-likeness (QED) is 0.907. The van der Waals surface area contributed by atoms with Crippen LogP contribution in [0.3, 0.4) is 0 Å². The number of rotatable bonds is 5. The first-order valence-corrected chi connectivity index (χ1v) is 7.49. The van der Waals surface area contributed by atoms with Gasteiger partial charge in [0.05, 0.1) is 0 Å². The first-order valence-electron chi connectivity index (χ1n) is 6.70. The number of nitrogens with zero attached hydrogens (tertiary/aromatic N) is 5. The number of aryl methyl sites for hydroxylation is 1. The first-order chi connectivity index (χ1) is 9.56. The average Bonchev–Trinajstić information content (AvgIpc) is 2.75. The summed E-state index contributed by atoms with van der Waals surface area (Å²) < 4.78 is 2.42. The van der Waals surface area contributed by atoms with Crippen LogP contribution in [0, 0.1) is 0 Å². The summed E-state index contributed by atoms with van der Waals surface area (Å²) in [6, 6.07) is 0. The lowest BCUT2D eigenvalue weighted by atomic mass is 10.00. The molecule has 0 atom stereocenters. The Kier molecular flexibility index (Phi) is 4.69. The molecule has 0 unspecified atom stereocenters. The van der Waals surface area contributed by atoms with E-state index in [-0.39, 0.29) is 0 Å². The lowest BCUT2D eigenvalue weighted by Gasteiger charge is -2.16. The lowest BCUT2D eigenvalue weighted by molar-refractivity contribution is 0.716. The predicted octanol–water partition coefficient (Wildman–Crippen LogP) is 2.98. The van der Waals surface area contributed by atoms with Crippen LogP contribution in [-0.4, -0.2) is 31.5 Å². The van der Waals surface area contributed by atoms with Crippen molar-refractivity contribution in [3.05, 3.63) is 16.5 Å². The maximum atomic E-state index is 4.45. The topological polar surface area (TPSA) is 68.5 Å². The maximum absolute atomic E-state index is 4.45. The molecule has 0 aliphatic rings. The molecule has 6 nitrogen and oxygen atoms in total. The second-order valence-corrected chi connectivity index (χ2v) is 5.67. The van der Waals surface area contributed by atoms with E-state index >= 15 is 0 Å². The van der Waals surface area contributed by atoms with Crippen LogP contribution in [0.4, 0.5) is 5.82 Å². The van der Waals surface area contributed by atoms with Crippen LogP contribution < -0.4 is 5.32 Å². The maximum Gasteiger partial charge on any atom is 0.157 e. The van der Waals surface area contributed by atoms with Gasteiger partial charge in [-0.15, -0.1) is 5.10 Å². The van der Waals surface area contributed by atoms with Crippen molar-refractivity contribution in [1.82, 2.24) is 25.0 Å². The van der Waals surface area contributed by atoms with Gasteiger partial charge in [-0.3, -0.25) is 0 Å². The minimum Gasteiger partial charge on any atom is -0.370 e. The van der Waals surface area contributed by atoms with Crippen LogP contribution in [0.1, 0.15) is 38.7 Å². The van der Waals surface area contributed by atoms with E-state index in [1.54, 1.807) is 11.0 Å². The fourth-order valence-electron chi connectivity index (χ4n) is 2.10. The normalized spacial score (nSPS) is 11.1. The van der Waals surface area contributed by atoms with E-state index in [0.29, 0.717) is 10.5 Å². The van der Waals surface area contributed by atoms with Gasteiger partial charge in [0.15, 0.2) is 4.60 Å². The van der Waals surface area contributed by atoms with Crippen molar-refractivity contribution in [1.29, 1.82) is 0 Å². The van der Waals surface area contributed by atoms with Gasteiger partial charge in [0.2, 0.25) is 0 Å². The summed E-state index contributed by atoms with van der Waals surface area (Å²) >= 11 is 3.44. The molecule has 0 aliphatic carbocycles. The summed E-state index contributed by atoms with van der Waals surface area (Å²) in [5, 5.41) is 11.4. The monoisotopic (exact) mass is 338 g/mol. The Morgan fingerprint density at radius 2 is 2.10 bits per heavy atom. The van der Waals surface area contributed by atoms with Gasteiger partial charge in [0, 0.05) is 19.2 Å². The molecule has 7 heteroatoms. The van der Waals surface area contributed by atoms with Gasteiger partial charge >= 0.3 is 0 Å². The van der Waals surface area contributed by atoms with Gasteiger partial charge in [-0.05, 0) is 28.3 Å². The molecular formula is C13H19BrN6. The molecular weight excluding hydrogens is 320 g/mol. The third kappa shape index (κ3) is 2.82. The summed E-state index contributed by atoms with van der Waals surface area (Å²) in [6.45, 7) is 7.29. The van der Waals surface area contributed by atoms with Crippen molar-refractivity contribution in [2.75, 3.05) is 11.9 Å². The Labute approximate surface area is 127 Å². The summed E-state index contributed by atoms with van der Waals surface area (Å²) in [4.78, 5) is 8.83. The van der Waals surface area contributed by atoms with Crippen molar-refractivity contribution in [2.24, 2.45) is 7.05 Å². The molecule has 0 saturated heterocycles. The number of hydrogen-bond donors (Lipinski definition) is 1. The molecule has 1 N–H and O–H groups in total. The summed E-state index contributed by atoms with van der Waals surface area (Å²) in [6.07, 6.45) is 2.63. The van der Waals surface area contributed by atoms with E-state index in [9.17, 15) is 0 Å². The largest absolute Gasteiger partial charge is 0.370 e. The third-order valence-electron chi connectivity index (χ3n) is 3.01. The number of nitrogens with one attached hydrogen (secondary N) is 1. The second-order valence-electron chi connectivity index (χ2n) is 4.92. The molecule has 0 spiro atoms.